The normalized spacial score (nSPS) is 16.5. The SMILES string of the molecule is CCOC(=O)c1c(-c2ccc(C)cc2C)csc1NC(=O)CN1CCCCC1CC(N)=O. The number of piperidine rings is 1. The van der Waals surface area contributed by atoms with E-state index >= 15 is 0 Å². The predicted octanol–water partition coefficient (Wildman–Crippen LogP) is 3.88. The fourth-order valence-corrected chi connectivity index (χ4v) is 5.22. The van der Waals surface area contributed by atoms with Gasteiger partial charge in [0.05, 0.1) is 13.2 Å². The lowest BCUT2D eigenvalue weighted by Crippen LogP contribution is -2.45. The number of primary amides is 1. The molecule has 2 heterocycles. The molecule has 1 aromatic heterocycles. The van der Waals surface area contributed by atoms with E-state index < -0.39 is 5.97 Å². The number of amides is 2. The third-order valence-corrected chi connectivity index (χ3v) is 6.62. The van der Waals surface area contributed by atoms with Crippen LogP contribution in [0.4, 0.5) is 5.00 Å². The first kappa shape index (κ1) is 23.9. The number of esters is 1. The van der Waals surface area contributed by atoms with Gasteiger partial charge in [0.15, 0.2) is 0 Å². The second kappa shape index (κ2) is 10.7. The molecule has 1 aliphatic rings. The molecule has 0 spiro atoms. The zero-order chi connectivity index (χ0) is 23.3. The van der Waals surface area contributed by atoms with E-state index in [4.69, 9.17) is 10.5 Å². The number of nitrogens with two attached hydrogens (primary N) is 1. The van der Waals surface area contributed by atoms with Crippen LogP contribution in [0, 0.1) is 13.8 Å². The molecule has 1 unspecified atom stereocenters. The molecule has 8 heteroatoms. The average molecular weight is 458 g/mol. The number of nitrogens with zero attached hydrogens (tertiary/aromatic N) is 1. The molecule has 172 valence electrons. The standard InChI is InChI=1S/C24H31N3O4S/c1-4-31-24(30)22-19(18-9-8-15(2)11-16(18)3)14-32-23(22)26-21(29)13-27-10-6-5-7-17(27)12-20(25)28/h8-9,11,14,17H,4-7,10,12-13H2,1-3H3,(H2,25,28)(H,26,29). The van der Waals surface area contributed by atoms with Gasteiger partial charge in [-0.25, -0.2) is 4.79 Å². The number of thiophene rings is 1. The lowest BCUT2D eigenvalue weighted by atomic mass is 9.97. The summed E-state index contributed by atoms with van der Waals surface area (Å²) in [5, 5.41) is 5.28. The van der Waals surface area contributed by atoms with Crippen LogP contribution in [0.1, 0.15) is 54.1 Å². The molecule has 0 radical (unpaired) electrons. The summed E-state index contributed by atoms with van der Waals surface area (Å²) in [6, 6.07) is 6.03. The molecule has 1 aromatic carbocycles. The molecule has 2 aromatic rings. The van der Waals surface area contributed by atoms with Crippen LogP contribution in [0.15, 0.2) is 23.6 Å². The van der Waals surface area contributed by atoms with Crippen molar-refractivity contribution in [3.63, 3.8) is 0 Å². The summed E-state index contributed by atoms with van der Waals surface area (Å²) in [6.07, 6.45) is 3.09. The van der Waals surface area contributed by atoms with E-state index in [1.54, 1.807) is 6.92 Å². The Morgan fingerprint density at radius 3 is 2.69 bits per heavy atom. The number of likely N-dealkylation sites (tertiary alicyclic amines) is 1. The van der Waals surface area contributed by atoms with Gasteiger partial charge in [-0.15, -0.1) is 11.3 Å². The Kier molecular flexibility index (Phi) is 8.04. The summed E-state index contributed by atoms with van der Waals surface area (Å²) in [5.41, 5.74) is 9.65. The van der Waals surface area contributed by atoms with Crippen molar-refractivity contribution in [2.45, 2.75) is 52.5 Å². The number of carbonyl (C=O) groups is 3. The molecule has 32 heavy (non-hydrogen) atoms. The van der Waals surface area contributed by atoms with Gasteiger partial charge in [0.2, 0.25) is 11.8 Å². The van der Waals surface area contributed by atoms with Gasteiger partial charge in [-0.05, 0) is 51.3 Å². The molecular weight excluding hydrogens is 426 g/mol. The Morgan fingerprint density at radius 1 is 1.22 bits per heavy atom. The van der Waals surface area contributed by atoms with Crippen molar-refractivity contribution >= 4 is 34.1 Å². The Hall–Kier alpha value is -2.71. The minimum absolute atomic E-state index is 0.0226. The topological polar surface area (TPSA) is 102 Å². The number of hydrogen-bond donors (Lipinski definition) is 2. The maximum Gasteiger partial charge on any atom is 0.341 e. The van der Waals surface area contributed by atoms with Crippen LogP contribution in [-0.4, -0.2) is 48.4 Å². The molecule has 7 nitrogen and oxygen atoms in total. The summed E-state index contributed by atoms with van der Waals surface area (Å²) in [5.74, 6) is -1.03. The van der Waals surface area contributed by atoms with E-state index in [2.05, 4.69) is 11.4 Å². The zero-order valence-electron chi connectivity index (χ0n) is 18.9. The van der Waals surface area contributed by atoms with Crippen molar-refractivity contribution in [1.29, 1.82) is 0 Å². The van der Waals surface area contributed by atoms with E-state index in [1.807, 2.05) is 36.3 Å². The lowest BCUT2D eigenvalue weighted by molar-refractivity contribution is -0.122. The van der Waals surface area contributed by atoms with E-state index in [1.165, 1.54) is 11.3 Å². The number of hydrogen-bond acceptors (Lipinski definition) is 6. The highest BCUT2D eigenvalue weighted by Crippen LogP contribution is 2.38. The quantitative estimate of drug-likeness (QED) is 0.586. The van der Waals surface area contributed by atoms with Crippen molar-refractivity contribution in [3.05, 3.63) is 40.3 Å². The smallest absolute Gasteiger partial charge is 0.341 e. The van der Waals surface area contributed by atoms with Gasteiger partial charge in [-0.1, -0.05) is 30.2 Å². The van der Waals surface area contributed by atoms with E-state index in [0.29, 0.717) is 10.6 Å². The summed E-state index contributed by atoms with van der Waals surface area (Å²) in [7, 11) is 0. The number of nitrogens with one attached hydrogen (secondary N) is 1. The first-order valence-electron chi connectivity index (χ1n) is 11.0. The maximum absolute atomic E-state index is 12.9. The molecular formula is C24H31N3O4S. The summed E-state index contributed by atoms with van der Waals surface area (Å²) in [6.45, 7) is 6.92. The van der Waals surface area contributed by atoms with Crippen molar-refractivity contribution < 1.29 is 19.1 Å². The third-order valence-electron chi connectivity index (χ3n) is 5.73. The van der Waals surface area contributed by atoms with Crippen LogP contribution in [0.2, 0.25) is 0 Å². The Bertz CT molecular complexity index is 1000. The van der Waals surface area contributed by atoms with Gasteiger partial charge in [0.25, 0.3) is 0 Å². The molecule has 3 N–H and O–H groups in total. The molecule has 1 aliphatic heterocycles. The third kappa shape index (κ3) is 5.75. The van der Waals surface area contributed by atoms with Gasteiger partial charge in [-0.2, -0.15) is 0 Å². The minimum atomic E-state index is -0.455. The largest absolute Gasteiger partial charge is 0.462 e. The van der Waals surface area contributed by atoms with Crippen LogP contribution in [-0.2, 0) is 14.3 Å². The predicted molar refractivity (Wildman–Crippen MR) is 127 cm³/mol. The van der Waals surface area contributed by atoms with Crippen molar-refractivity contribution in [3.8, 4) is 11.1 Å². The number of aryl methyl sites for hydroxylation is 2. The second-order valence-corrected chi connectivity index (χ2v) is 9.11. The molecule has 3 rings (SSSR count). The highest BCUT2D eigenvalue weighted by atomic mass is 32.1. The highest BCUT2D eigenvalue weighted by Gasteiger charge is 2.27. The number of carbonyl (C=O) groups excluding carboxylic acids is 3. The number of rotatable bonds is 8. The first-order chi connectivity index (χ1) is 15.3. The molecule has 1 atom stereocenters. The molecule has 1 saturated heterocycles. The maximum atomic E-state index is 12.9. The summed E-state index contributed by atoms with van der Waals surface area (Å²) >= 11 is 1.31. The lowest BCUT2D eigenvalue weighted by Gasteiger charge is -2.34. The van der Waals surface area contributed by atoms with Crippen molar-refractivity contribution in [2.75, 3.05) is 25.0 Å². The average Bonchev–Trinajstić information content (AvgIpc) is 3.12. The van der Waals surface area contributed by atoms with Gasteiger partial charge in [0.1, 0.15) is 10.6 Å². The van der Waals surface area contributed by atoms with Crippen LogP contribution < -0.4 is 11.1 Å². The zero-order valence-corrected chi connectivity index (χ0v) is 19.7. The molecule has 1 fully saturated rings. The highest BCUT2D eigenvalue weighted by molar-refractivity contribution is 7.15. The molecule has 0 bridgehead atoms. The van der Waals surface area contributed by atoms with Crippen molar-refractivity contribution in [2.24, 2.45) is 5.73 Å². The molecule has 2 amide bonds. The number of ether oxygens (including phenoxy) is 1. The fraction of sp³-hybridized carbons (Fsp3) is 0.458. The van der Waals surface area contributed by atoms with E-state index in [0.717, 1.165) is 48.1 Å². The fourth-order valence-electron chi connectivity index (χ4n) is 4.25. The second-order valence-electron chi connectivity index (χ2n) is 8.23. The first-order valence-corrected chi connectivity index (χ1v) is 11.9. The van der Waals surface area contributed by atoms with Crippen LogP contribution in [0.25, 0.3) is 11.1 Å². The Labute approximate surface area is 192 Å². The minimum Gasteiger partial charge on any atom is -0.462 e. The number of benzene rings is 1. The van der Waals surface area contributed by atoms with Crippen molar-refractivity contribution in [1.82, 2.24) is 4.90 Å². The molecule has 0 aliphatic carbocycles. The van der Waals surface area contributed by atoms with E-state index in [9.17, 15) is 14.4 Å². The van der Waals surface area contributed by atoms with Gasteiger partial charge in [-0.3, -0.25) is 14.5 Å². The van der Waals surface area contributed by atoms with E-state index in [-0.39, 0.29) is 37.4 Å². The molecule has 0 saturated carbocycles. The van der Waals surface area contributed by atoms with Gasteiger partial charge >= 0.3 is 5.97 Å². The van der Waals surface area contributed by atoms with Crippen LogP contribution in [0.3, 0.4) is 0 Å². The summed E-state index contributed by atoms with van der Waals surface area (Å²) in [4.78, 5) is 39.1. The Morgan fingerprint density at radius 2 is 2.00 bits per heavy atom. The Balaban J connectivity index is 1.84. The van der Waals surface area contributed by atoms with Gasteiger partial charge < -0.3 is 15.8 Å². The summed E-state index contributed by atoms with van der Waals surface area (Å²) < 4.78 is 5.30. The van der Waals surface area contributed by atoms with Crippen LogP contribution in [0.5, 0.6) is 0 Å². The van der Waals surface area contributed by atoms with Crippen LogP contribution >= 0.6 is 11.3 Å². The number of anilines is 1. The van der Waals surface area contributed by atoms with Gasteiger partial charge in [0, 0.05) is 23.4 Å². The monoisotopic (exact) mass is 457 g/mol.